The molecule has 0 N–H and O–H groups in total. The van der Waals surface area contributed by atoms with Crippen LogP contribution in [-0.2, 0) is 14.0 Å². The van der Waals surface area contributed by atoms with Gasteiger partial charge in [-0.15, -0.1) is 0 Å². The molecule has 1 heterocycles. The van der Waals surface area contributed by atoms with Crippen molar-refractivity contribution in [2.75, 3.05) is 27.9 Å². The molecule has 0 aromatic carbocycles. The second kappa shape index (κ2) is 5.00. The lowest BCUT2D eigenvalue weighted by Gasteiger charge is -2.38. The summed E-state index contributed by atoms with van der Waals surface area (Å²) in [4.78, 5) is 0. The molecule has 0 spiro atoms. The molecule has 1 saturated heterocycles. The van der Waals surface area contributed by atoms with E-state index in [-0.39, 0.29) is 18.0 Å². The molecular weight excluding hydrogens is 212 g/mol. The first-order valence-electron chi connectivity index (χ1n) is 5.31. The summed E-state index contributed by atoms with van der Waals surface area (Å²) in [6.45, 7) is 1.85. The first-order valence-corrected chi connectivity index (χ1v) is 7.48. The zero-order valence-electron chi connectivity index (χ0n) is 10.3. The molecule has 0 bridgehead atoms. The number of rotatable bonds is 3. The summed E-state index contributed by atoms with van der Waals surface area (Å²) in [5.74, 6) is 0. The highest BCUT2D eigenvalue weighted by Gasteiger charge is 2.37. The second-order valence-corrected chi connectivity index (χ2v) is 7.94. The number of hydrogen-bond donors (Lipinski definition) is 0. The van der Waals surface area contributed by atoms with Crippen LogP contribution in [0.1, 0.15) is 12.8 Å². The summed E-state index contributed by atoms with van der Waals surface area (Å²) in [7, 11) is 5.14. The van der Waals surface area contributed by atoms with Crippen molar-refractivity contribution in [2.24, 2.45) is 0 Å². The van der Waals surface area contributed by atoms with Crippen LogP contribution >= 0.6 is 7.29 Å². The van der Waals surface area contributed by atoms with Crippen molar-refractivity contribution < 1.29 is 14.0 Å². The Morgan fingerprint density at radius 1 is 1.47 bits per heavy atom. The molecule has 15 heavy (non-hydrogen) atoms. The van der Waals surface area contributed by atoms with E-state index in [1.165, 1.54) is 0 Å². The Morgan fingerprint density at radius 2 is 2.07 bits per heavy atom. The first-order chi connectivity index (χ1) is 6.87. The predicted octanol–water partition coefficient (Wildman–Crippen LogP) is 0.567. The molecule has 4 unspecified atom stereocenters. The predicted molar refractivity (Wildman–Crippen MR) is 64.5 cm³/mol. The minimum absolute atomic E-state index is 0.127. The van der Waals surface area contributed by atoms with E-state index in [1.807, 2.05) is 33.3 Å². The van der Waals surface area contributed by atoms with E-state index in [4.69, 9.17) is 9.47 Å². The average Bonchev–Trinajstić information content (AvgIpc) is 2.16. The van der Waals surface area contributed by atoms with Gasteiger partial charge in [-0.25, -0.2) is 0 Å². The Kier molecular flexibility index (Phi) is 4.42. The van der Waals surface area contributed by atoms with Gasteiger partial charge in [-0.05, 0) is 20.5 Å². The molecule has 0 aliphatic carbocycles. The molecule has 0 aromatic rings. The van der Waals surface area contributed by atoms with Crippen LogP contribution in [0.2, 0.25) is 0 Å². The average molecular weight is 233 g/mol. The monoisotopic (exact) mass is 233 g/mol. The van der Waals surface area contributed by atoms with E-state index in [1.54, 1.807) is 7.11 Å². The van der Waals surface area contributed by atoms with Crippen LogP contribution in [0.3, 0.4) is 0 Å². The van der Waals surface area contributed by atoms with Crippen molar-refractivity contribution in [1.29, 1.82) is 0 Å². The summed E-state index contributed by atoms with van der Waals surface area (Å²) in [6, 6.07) is 0.127. The summed E-state index contributed by atoms with van der Waals surface area (Å²) in [5, 5.41) is 0. The number of ether oxygens (including phenoxy) is 2. The quantitative estimate of drug-likeness (QED) is 0.527. The maximum Gasteiger partial charge on any atom is 0.157 e. The van der Waals surface area contributed by atoms with Crippen molar-refractivity contribution >= 4 is 15.1 Å². The van der Waals surface area contributed by atoms with Gasteiger partial charge in [0.1, 0.15) is 15.1 Å². The van der Waals surface area contributed by atoms with E-state index >= 15 is 0 Å². The maximum absolute atomic E-state index is 12.5. The standard InChI is InChI=1S/C9H21BNO3P/c1-11(2)15(4,12)7-5-8(10)14-9(6-7)13-3/h7-9H,5-6,10H2,1-4H3. The molecule has 1 aliphatic rings. The van der Waals surface area contributed by atoms with Gasteiger partial charge >= 0.3 is 0 Å². The Bertz CT molecular complexity index is 262. The van der Waals surface area contributed by atoms with Crippen molar-refractivity contribution in [3.63, 3.8) is 0 Å². The van der Waals surface area contributed by atoms with Crippen molar-refractivity contribution in [3.05, 3.63) is 0 Å². The summed E-state index contributed by atoms with van der Waals surface area (Å²) in [5.41, 5.74) is 0.182. The number of methoxy groups -OCH3 is 1. The Hall–Kier alpha value is 0.175. The number of hydrogen-bond acceptors (Lipinski definition) is 3. The molecule has 4 nitrogen and oxygen atoms in total. The van der Waals surface area contributed by atoms with Crippen LogP contribution in [0.4, 0.5) is 0 Å². The van der Waals surface area contributed by atoms with Crippen LogP contribution in [0, 0.1) is 0 Å². The smallest absolute Gasteiger partial charge is 0.157 e. The highest BCUT2D eigenvalue weighted by atomic mass is 31.2. The van der Waals surface area contributed by atoms with Crippen LogP contribution < -0.4 is 0 Å². The van der Waals surface area contributed by atoms with Gasteiger partial charge in [-0.3, -0.25) is 4.67 Å². The van der Waals surface area contributed by atoms with E-state index in [2.05, 4.69) is 0 Å². The van der Waals surface area contributed by atoms with Gasteiger partial charge in [0.25, 0.3) is 0 Å². The highest BCUT2D eigenvalue weighted by molar-refractivity contribution is 7.61. The Morgan fingerprint density at radius 3 is 2.53 bits per heavy atom. The van der Waals surface area contributed by atoms with Gasteiger partial charge in [0.2, 0.25) is 0 Å². The van der Waals surface area contributed by atoms with E-state index in [0.29, 0.717) is 0 Å². The maximum atomic E-state index is 12.5. The molecule has 1 aliphatic heterocycles. The van der Waals surface area contributed by atoms with Gasteiger partial charge in [0.05, 0.1) is 0 Å². The molecular formula is C9H21BNO3P. The van der Waals surface area contributed by atoms with Crippen LogP contribution in [0.5, 0.6) is 0 Å². The van der Waals surface area contributed by atoms with E-state index in [0.717, 1.165) is 12.8 Å². The summed E-state index contributed by atoms with van der Waals surface area (Å²) < 4.78 is 25.1. The largest absolute Gasteiger partial charge is 0.358 e. The molecule has 88 valence electrons. The van der Waals surface area contributed by atoms with E-state index < -0.39 is 7.29 Å². The lowest BCUT2D eigenvalue weighted by molar-refractivity contribution is -0.157. The Balaban J connectivity index is 2.73. The van der Waals surface area contributed by atoms with E-state index in [9.17, 15) is 4.57 Å². The molecule has 6 heteroatoms. The van der Waals surface area contributed by atoms with Crippen molar-refractivity contribution in [2.45, 2.75) is 30.8 Å². The lowest BCUT2D eigenvalue weighted by atomic mass is 9.92. The summed E-state index contributed by atoms with van der Waals surface area (Å²) in [6.07, 6.45) is 1.38. The SMILES string of the molecule is BC1CC(P(C)(=O)N(C)C)CC(OC)O1. The topological polar surface area (TPSA) is 38.8 Å². The molecule has 0 saturated carbocycles. The minimum atomic E-state index is -2.25. The van der Waals surface area contributed by atoms with Crippen LogP contribution in [0.25, 0.3) is 0 Å². The Labute approximate surface area is 93.1 Å². The molecule has 1 fully saturated rings. The van der Waals surface area contributed by atoms with Crippen molar-refractivity contribution in [3.8, 4) is 0 Å². The van der Waals surface area contributed by atoms with Gasteiger partial charge < -0.3 is 14.0 Å². The fourth-order valence-corrected chi connectivity index (χ4v) is 3.85. The minimum Gasteiger partial charge on any atom is -0.358 e. The van der Waals surface area contributed by atoms with Crippen LogP contribution in [-0.4, -0.2) is 58.3 Å². The first kappa shape index (κ1) is 13.2. The third-order valence-electron chi connectivity index (χ3n) is 3.19. The molecule has 0 aromatic heterocycles. The lowest BCUT2D eigenvalue weighted by Crippen LogP contribution is -2.38. The normalized spacial score (nSPS) is 36.5. The van der Waals surface area contributed by atoms with Gasteiger partial charge in [0.15, 0.2) is 6.29 Å². The van der Waals surface area contributed by atoms with Gasteiger partial charge in [-0.1, -0.05) is 0 Å². The molecule has 4 atom stereocenters. The molecule has 1 rings (SSSR count). The van der Waals surface area contributed by atoms with Crippen LogP contribution in [0.15, 0.2) is 0 Å². The molecule has 0 amide bonds. The second-order valence-electron chi connectivity index (χ2n) is 4.53. The van der Waals surface area contributed by atoms with Gasteiger partial charge in [-0.2, -0.15) is 0 Å². The highest BCUT2D eigenvalue weighted by Crippen LogP contribution is 2.53. The fraction of sp³-hybridized carbons (Fsp3) is 1.00. The zero-order chi connectivity index (χ0) is 11.6. The third-order valence-corrected chi connectivity index (χ3v) is 6.55. The molecule has 0 radical (unpaired) electrons. The summed E-state index contributed by atoms with van der Waals surface area (Å²) >= 11 is 0. The zero-order valence-corrected chi connectivity index (χ0v) is 11.2. The fourth-order valence-electron chi connectivity index (χ4n) is 1.94. The number of nitrogens with zero attached hydrogens (tertiary/aromatic N) is 1. The van der Waals surface area contributed by atoms with Gasteiger partial charge in [0, 0.05) is 31.9 Å². The third kappa shape index (κ3) is 3.07. The van der Waals surface area contributed by atoms with Crippen molar-refractivity contribution in [1.82, 2.24) is 4.67 Å².